The van der Waals surface area contributed by atoms with E-state index in [2.05, 4.69) is 127 Å². The van der Waals surface area contributed by atoms with Crippen molar-refractivity contribution in [3.63, 3.8) is 0 Å². The minimum atomic E-state index is 0.822. The summed E-state index contributed by atoms with van der Waals surface area (Å²) in [5.41, 5.74) is 11.4. The Morgan fingerprint density at radius 2 is 1.22 bits per heavy atom. The van der Waals surface area contributed by atoms with Gasteiger partial charge >= 0.3 is 0 Å². The second kappa shape index (κ2) is 9.00. The van der Waals surface area contributed by atoms with Crippen molar-refractivity contribution in [3.05, 3.63) is 140 Å². The fourth-order valence-electron chi connectivity index (χ4n) is 6.02. The molecule has 0 amide bonds. The molecule has 0 spiro atoms. The fraction of sp³-hybridized carbons (Fsp3) is 0. The summed E-state index contributed by atoms with van der Waals surface area (Å²) in [5, 5.41) is 4.58. The first-order valence-corrected chi connectivity index (χ1v) is 13.7. The summed E-state index contributed by atoms with van der Waals surface area (Å²) < 4.78 is 2.27. The van der Waals surface area contributed by atoms with E-state index in [1.807, 2.05) is 12.1 Å². The lowest BCUT2D eigenvalue weighted by Gasteiger charge is -2.13. The largest absolute Gasteiger partial charge is 0.292 e. The van der Waals surface area contributed by atoms with Gasteiger partial charge in [-0.25, -0.2) is 9.97 Å². The number of benzene rings is 5. The molecule has 8 aromatic rings. The standard InChI is InChI=1S/C38H25N3/c1-3-24-22-32-37(39-33(24)4-2)31-20-19-30(23-36(31)41-35-12-8-7-11-34(35)40-38(32)41)27-15-13-26(14-16-27)29-18-17-25-9-5-6-10-28(25)21-29/h3-23H,1-2H2. The number of hydrogen-bond donors (Lipinski definition) is 0. The molecule has 0 bridgehead atoms. The van der Waals surface area contributed by atoms with Crippen LogP contribution in [-0.2, 0) is 0 Å². The van der Waals surface area contributed by atoms with Crippen LogP contribution in [0, 0.1) is 0 Å². The van der Waals surface area contributed by atoms with Gasteiger partial charge < -0.3 is 0 Å². The lowest BCUT2D eigenvalue weighted by atomic mass is 9.97. The molecule has 0 aliphatic carbocycles. The molecule has 0 fully saturated rings. The van der Waals surface area contributed by atoms with Crippen LogP contribution in [0.2, 0.25) is 0 Å². The second-order valence-electron chi connectivity index (χ2n) is 10.4. The minimum absolute atomic E-state index is 0.822. The number of pyridine rings is 2. The molecule has 0 radical (unpaired) electrons. The van der Waals surface area contributed by atoms with Crippen LogP contribution in [0.1, 0.15) is 11.3 Å². The van der Waals surface area contributed by atoms with Crippen LogP contribution in [0.25, 0.3) is 83.7 Å². The molecule has 3 heterocycles. The van der Waals surface area contributed by atoms with Gasteiger partial charge in [-0.2, -0.15) is 0 Å². The second-order valence-corrected chi connectivity index (χ2v) is 10.4. The fourth-order valence-corrected chi connectivity index (χ4v) is 6.02. The average Bonchev–Trinajstić information content (AvgIpc) is 3.44. The van der Waals surface area contributed by atoms with Crippen molar-refractivity contribution in [1.82, 2.24) is 14.4 Å². The summed E-state index contributed by atoms with van der Waals surface area (Å²) in [6, 6.07) is 41.0. The summed E-state index contributed by atoms with van der Waals surface area (Å²) in [7, 11) is 0. The highest BCUT2D eigenvalue weighted by molar-refractivity contribution is 6.13. The Balaban J connectivity index is 1.34. The number of nitrogens with zero attached hydrogens (tertiary/aromatic N) is 3. The first-order valence-electron chi connectivity index (χ1n) is 13.7. The average molecular weight is 524 g/mol. The molecule has 0 N–H and O–H groups in total. The zero-order chi connectivity index (χ0) is 27.5. The molecule has 0 saturated heterocycles. The summed E-state index contributed by atoms with van der Waals surface area (Å²) in [4.78, 5) is 10.1. The van der Waals surface area contributed by atoms with Crippen molar-refractivity contribution in [2.45, 2.75) is 0 Å². The maximum atomic E-state index is 5.06. The molecule has 0 unspecified atom stereocenters. The van der Waals surface area contributed by atoms with E-state index in [9.17, 15) is 0 Å². The molecule has 41 heavy (non-hydrogen) atoms. The Morgan fingerprint density at radius 3 is 2.00 bits per heavy atom. The number of fused-ring (bicyclic) bond motifs is 9. The topological polar surface area (TPSA) is 30.2 Å². The first-order chi connectivity index (χ1) is 20.2. The van der Waals surface area contributed by atoms with Gasteiger partial charge in [0.1, 0.15) is 5.65 Å². The summed E-state index contributed by atoms with van der Waals surface area (Å²) in [6.45, 7) is 7.99. The van der Waals surface area contributed by atoms with Gasteiger partial charge in [0.15, 0.2) is 0 Å². The number of rotatable bonds is 4. The van der Waals surface area contributed by atoms with Crippen molar-refractivity contribution < 1.29 is 0 Å². The molecule has 8 rings (SSSR count). The third-order valence-electron chi connectivity index (χ3n) is 8.09. The monoisotopic (exact) mass is 523 g/mol. The molecule has 0 aliphatic rings. The lowest BCUT2D eigenvalue weighted by molar-refractivity contribution is 1.29. The quantitative estimate of drug-likeness (QED) is 0.215. The van der Waals surface area contributed by atoms with E-state index in [-0.39, 0.29) is 0 Å². The molecular formula is C38H25N3. The Kier molecular flexibility index (Phi) is 5.13. The van der Waals surface area contributed by atoms with E-state index in [0.29, 0.717) is 0 Å². The summed E-state index contributed by atoms with van der Waals surface area (Å²) in [6.07, 6.45) is 3.62. The molecule has 3 nitrogen and oxygen atoms in total. The zero-order valence-electron chi connectivity index (χ0n) is 22.4. The third kappa shape index (κ3) is 3.60. The summed E-state index contributed by atoms with van der Waals surface area (Å²) in [5.74, 6) is 0. The SMILES string of the molecule is C=Cc1cc2c(nc1C=C)c1ccc(-c3ccc(-c4ccc5ccccc5c4)cc3)cc1n1c3ccccc3nc21. The third-order valence-corrected chi connectivity index (χ3v) is 8.09. The number of para-hydroxylation sites is 2. The molecule has 3 aromatic heterocycles. The smallest absolute Gasteiger partial charge is 0.147 e. The predicted molar refractivity (Wildman–Crippen MR) is 174 cm³/mol. The van der Waals surface area contributed by atoms with Gasteiger partial charge in [0.05, 0.1) is 27.8 Å². The van der Waals surface area contributed by atoms with Crippen LogP contribution in [-0.4, -0.2) is 14.4 Å². The van der Waals surface area contributed by atoms with Crippen molar-refractivity contribution in [2.75, 3.05) is 0 Å². The highest BCUT2D eigenvalue weighted by atomic mass is 15.0. The number of hydrogen-bond acceptors (Lipinski definition) is 2. The van der Waals surface area contributed by atoms with Gasteiger partial charge in [-0.15, -0.1) is 0 Å². The van der Waals surface area contributed by atoms with E-state index < -0.39 is 0 Å². The minimum Gasteiger partial charge on any atom is -0.292 e. The normalized spacial score (nSPS) is 11.6. The van der Waals surface area contributed by atoms with Crippen molar-refractivity contribution in [1.29, 1.82) is 0 Å². The van der Waals surface area contributed by atoms with Crippen molar-refractivity contribution >= 4 is 61.4 Å². The Labute approximate surface area is 237 Å². The molecular weight excluding hydrogens is 498 g/mol. The van der Waals surface area contributed by atoms with Crippen LogP contribution in [0.5, 0.6) is 0 Å². The van der Waals surface area contributed by atoms with Crippen LogP contribution in [0.15, 0.2) is 128 Å². The maximum Gasteiger partial charge on any atom is 0.147 e. The van der Waals surface area contributed by atoms with Gasteiger partial charge in [0.2, 0.25) is 0 Å². The zero-order valence-corrected chi connectivity index (χ0v) is 22.4. The van der Waals surface area contributed by atoms with Crippen LogP contribution >= 0.6 is 0 Å². The molecule has 192 valence electrons. The Hall–Kier alpha value is -5.54. The van der Waals surface area contributed by atoms with Crippen molar-refractivity contribution in [2.24, 2.45) is 0 Å². The van der Waals surface area contributed by atoms with E-state index in [0.717, 1.165) is 60.9 Å². The maximum absolute atomic E-state index is 5.06. The van der Waals surface area contributed by atoms with E-state index in [4.69, 9.17) is 9.97 Å². The van der Waals surface area contributed by atoms with Gasteiger partial charge in [-0.3, -0.25) is 4.40 Å². The number of imidazole rings is 1. The summed E-state index contributed by atoms with van der Waals surface area (Å²) >= 11 is 0. The molecule has 0 atom stereocenters. The highest BCUT2D eigenvalue weighted by Crippen LogP contribution is 2.36. The van der Waals surface area contributed by atoms with Crippen LogP contribution < -0.4 is 0 Å². The Morgan fingerprint density at radius 1 is 0.537 bits per heavy atom. The molecule has 0 saturated carbocycles. The Bertz CT molecular complexity index is 2340. The highest BCUT2D eigenvalue weighted by Gasteiger charge is 2.17. The van der Waals surface area contributed by atoms with E-state index in [1.54, 1.807) is 6.08 Å². The van der Waals surface area contributed by atoms with Gasteiger partial charge in [0, 0.05) is 16.3 Å². The molecule has 3 heteroatoms. The van der Waals surface area contributed by atoms with Crippen LogP contribution in [0.3, 0.4) is 0 Å². The van der Waals surface area contributed by atoms with Crippen molar-refractivity contribution in [3.8, 4) is 22.3 Å². The molecule has 0 aliphatic heterocycles. The first kappa shape index (κ1) is 23.4. The van der Waals surface area contributed by atoms with Crippen LogP contribution in [0.4, 0.5) is 0 Å². The van der Waals surface area contributed by atoms with Gasteiger partial charge in [-0.05, 0) is 69.4 Å². The van der Waals surface area contributed by atoms with Gasteiger partial charge in [0.25, 0.3) is 0 Å². The van der Waals surface area contributed by atoms with Gasteiger partial charge in [-0.1, -0.05) is 104 Å². The lowest BCUT2D eigenvalue weighted by Crippen LogP contribution is -1.96. The number of aromatic nitrogens is 3. The predicted octanol–water partition coefficient (Wildman–Crippen LogP) is 9.96. The van der Waals surface area contributed by atoms with E-state index in [1.165, 1.54) is 21.9 Å². The van der Waals surface area contributed by atoms with E-state index >= 15 is 0 Å². The molecule has 5 aromatic carbocycles.